The molecule has 0 aromatic heterocycles. The number of carbonyl (C=O) groups is 4. The van der Waals surface area contributed by atoms with Crippen LogP contribution in [0.5, 0.6) is 0 Å². The summed E-state index contributed by atoms with van der Waals surface area (Å²) in [6, 6.07) is 0. The van der Waals surface area contributed by atoms with Crippen LogP contribution >= 0.6 is 15.6 Å². The fourth-order valence-corrected chi connectivity index (χ4v) is 13.6. The molecule has 3 N–H and O–H groups in total. The molecule has 0 heterocycles. The molecule has 0 aromatic rings. The van der Waals surface area contributed by atoms with Gasteiger partial charge in [-0.15, -0.1) is 0 Å². The van der Waals surface area contributed by atoms with E-state index in [1.54, 1.807) is 0 Å². The summed E-state index contributed by atoms with van der Waals surface area (Å²) < 4.78 is 68.2. The van der Waals surface area contributed by atoms with Gasteiger partial charge in [0, 0.05) is 25.7 Å². The van der Waals surface area contributed by atoms with Gasteiger partial charge in [-0.3, -0.25) is 37.3 Å². The number of unbranched alkanes of at least 4 members (excludes halogenated alkanes) is 46. The third-order valence-corrected chi connectivity index (χ3v) is 20.5. The summed E-state index contributed by atoms with van der Waals surface area (Å²) in [6.07, 6.45) is 58.9. The highest BCUT2D eigenvalue weighted by Gasteiger charge is 2.30. The van der Waals surface area contributed by atoms with Crippen molar-refractivity contribution in [1.82, 2.24) is 0 Å². The number of phosphoric ester groups is 2. The largest absolute Gasteiger partial charge is 0.472 e. The maximum atomic E-state index is 13.1. The Morgan fingerprint density at radius 3 is 0.784 bits per heavy atom. The molecule has 17 nitrogen and oxygen atoms in total. The van der Waals surface area contributed by atoms with Crippen LogP contribution < -0.4 is 0 Å². The highest BCUT2D eigenvalue weighted by atomic mass is 31.2. The molecule has 576 valence electrons. The van der Waals surface area contributed by atoms with Gasteiger partial charge in [0.15, 0.2) is 12.2 Å². The fraction of sp³-hybridized carbons (Fsp3) is 0.949. The van der Waals surface area contributed by atoms with Gasteiger partial charge in [0.25, 0.3) is 0 Å². The van der Waals surface area contributed by atoms with Crippen molar-refractivity contribution >= 4 is 39.5 Å². The monoisotopic (exact) mass is 1420 g/mol. The summed E-state index contributed by atoms with van der Waals surface area (Å²) in [5.41, 5.74) is 0. The van der Waals surface area contributed by atoms with Crippen molar-refractivity contribution in [2.75, 3.05) is 39.6 Å². The van der Waals surface area contributed by atoms with Crippen LogP contribution in [0.1, 0.15) is 408 Å². The summed E-state index contributed by atoms with van der Waals surface area (Å²) in [5.74, 6) is -0.434. The maximum Gasteiger partial charge on any atom is 0.472 e. The van der Waals surface area contributed by atoms with Crippen LogP contribution in [-0.4, -0.2) is 96.7 Å². The summed E-state index contributed by atoms with van der Waals surface area (Å²) in [7, 11) is -9.90. The van der Waals surface area contributed by atoms with E-state index in [1.165, 1.54) is 218 Å². The van der Waals surface area contributed by atoms with E-state index in [-0.39, 0.29) is 25.7 Å². The first-order valence-corrected chi connectivity index (χ1v) is 43.5. The number of hydrogen-bond acceptors (Lipinski definition) is 15. The predicted molar refractivity (Wildman–Crippen MR) is 395 cm³/mol. The van der Waals surface area contributed by atoms with Gasteiger partial charge in [-0.1, -0.05) is 356 Å². The first-order chi connectivity index (χ1) is 46.9. The molecule has 0 amide bonds. The minimum Gasteiger partial charge on any atom is -0.462 e. The molecule has 0 fully saturated rings. The molecular weight excluding hydrogens is 1270 g/mol. The average molecular weight is 1420 g/mol. The number of aliphatic hydroxyl groups excluding tert-OH is 1. The molecule has 0 bridgehead atoms. The summed E-state index contributed by atoms with van der Waals surface area (Å²) in [6.45, 7) is 9.60. The zero-order chi connectivity index (χ0) is 71.4. The quantitative estimate of drug-likeness (QED) is 0.0222. The Kier molecular flexibility index (Phi) is 68.4. The molecule has 0 rings (SSSR count). The standard InChI is InChI=1S/C78H152O17P2/c1-7-10-12-14-15-36-44-50-56-62-77(82)94-73(66-88-75(80)60-54-46-13-11-8-2)68-92-96(84,85)90-64-72(79)65-91-97(86,87)93-69-74(67-89-76(81)61-55-49-43-39-34-30-26-22-18-16-20-24-28-32-37-41-47-52-58-70(4)5)95-78(83)63-57-51-45-40-35-31-27-23-19-17-21-25-29-33-38-42-48-53-59-71(6)9-3/h70-74,79H,7-69H2,1-6H3,(H,84,85)(H,86,87)/t71?,72-,73+,74+/m0/s1. The van der Waals surface area contributed by atoms with Crippen molar-refractivity contribution in [3.63, 3.8) is 0 Å². The molecule has 19 heteroatoms. The molecule has 0 saturated carbocycles. The summed E-state index contributed by atoms with van der Waals surface area (Å²) in [5, 5.41) is 10.6. The van der Waals surface area contributed by atoms with E-state index in [2.05, 4.69) is 41.5 Å². The first kappa shape index (κ1) is 95.1. The Bertz CT molecular complexity index is 1870. The number of aliphatic hydroxyl groups is 1. The van der Waals surface area contributed by atoms with Crippen LogP contribution in [0.15, 0.2) is 0 Å². The molecule has 3 unspecified atom stereocenters. The third-order valence-electron chi connectivity index (χ3n) is 18.6. The summed E-state index contributed by atoms with van der Waals surface area (Å²) >= 11 is 0. The number of phosphoric acid groups is 2. The van der Waals surface area contributed by atoms with E-state index >= 15 is 0 Å². The smallest absolute Gasteiger partial charge is 0.462 e. The van der Waals surface area contributed by atoms with E-state index in [0.717, 1.165) is 108 Å². The number of hydrogen-bond donors (Lipinski definition) is 3. The SMILES string of the molecule is CCCCCCCCCCCC(=O)O[C@H](COC(=O)CCCCCCC)COP(=O)(O)OC[C@H](O)COP(=O)(O)OC[C@@H](COC(=O)CCCCCCCCCCCCCCCCCCCCC(C)C)OC(=O)CCCCCCCCCCCCCCCCCCCCC(C)CC. The molecule has 0 aromatic carbocycles. The van der Waals surface area contributed by atoms with Gasteiger partial charge in [-0.2, -0.15) is 0 Å². The lowest BCUT2D eigenvalue weighted by atomic mass is 9.99. The zero-order valence-corrected chi connectivity index (χ0v) is 65.2. The molecule has 97 heavy (non-hydrogen) atoms. The van der Waals surface area contributed by atoms with Crippen LogP contribution in [0.4, 0.5) is 0 Å². The van der Waals surface area contributed by atoms with Gasteiger partial charge in [0.2, 0.25) is 0 Å². The summed E-state index contributed by atoms with van der Waals surface area (Å²) in [4.78, 5) is 72.4. The van der Waals surface area contributed by atoms with Gasteiger partial charge < -0.3 is 33.8 Å². The zero-order valence-electron chi connectivity index (χ0n) is 63.4. The molecule has 0 aliphatic rings. The number of esters is 4. The van der Waals surface area contributed by atoms with Crippen molar-refractivity contribution < 1.29 is 80.2 Å². The second kappa shape index (κ2) is 69.8. The Labute approximate surface area is 594 Å². The molecule has 0 saturated heterocycles. The Morgan fingerprint density at radius 2 is 0.526 bits per heavy atom. The second-order valence-electron chi connectivity index (χ2n) is 28.8. The van der Waals surface area contributed by atoms with Crippen LogP contribution in [0.25, 0.3) is 0 Å². The highest BCUT2D eigenvalue weighted by Crippen LogP contribution is 2.45. The fourth-order valence-electron chi connectivity index (χ4n) is 12.0. The molecule has 0 aliphatic heterocycles. The van der Waals surface area contributed by atoms with Gasteiger partial charge >= 0.3 is 39.5 Å². The van der Waals surface area contributed by atoms with Gasteiger partial charge in [-0.25, -0.2) is 9.13 Å². The maximum absolute atomic E-state index is 13.1. The van der Waals surface area contributed by atoms with Gasteiger partial charge in [0.1, 0.15) is 19.3 Å². The second-order valence-corrected chi connectivity index (χ2v) is 31.7. The molecular formula is C78H152O17P2. The lowest BCUT2D eigenvalue weighted by Crippen LogP contribution is -2.30. The van der Waals surface area contributed by atoms with Crippen molar-refractivity contribution in [1.29, 1.82) is 0 Å². The van der Waals surface area contributed by atoms with E-state index in [1.807, 2.05) is 0 Å². The Morgan fingerprint density at radius 1 is 0.299 bits per heavy atom. The Hall–Kier alpha value is -1.94. The van der Waals surface area contributed by atoms with Crippen LogP contribution in [-0.2, 0) is 65.4 Å². The number of rotatable bonds is 77. The first-order valence-electron chi connectivity index (χ1n) is 40.5. The minimum atomic E-state index is -4.96. The third kappa shape index (κ3) is 70.9. The van der Waals surface area contributed by atoms with Crippen LogP contribution in [0.3, 0.4) is 0 Å². The van der Waals surface area contributed by atoms with E-state index in [0.29, 0.717) is 25.7 Å². The lowest BCUT2D eigenvalue weighted by Gasteiger charge is -2.21. The Balaban J connectivity index is 5.07. The minimum absolute atomic E-state index is 0.105. The predicted octanol–water partition coefficient (Wildman–Crippen LogP) is 23.1. The van der Waals surface area contributed by atoms with Crippen molar-refractivity contribution in [3.8, 4) is 0 Å². The topological polar surface area (TPSA) is 237 Å². The van der Waals surface area contributed by atoms with Crippen LogP contribution in [0, 0.1) is 11.8 Å². The molecule has 0 radical (unpaired) electrons. The van der Waals surface area contributed by atoms with Crippen molar-refractivity contribution in [2.24, 2.45) is 11.8 Å². The van der Waals surface area contributed by atoms with Crippen molar-refractivity contribution in [2.45, 2.75) is 426 Å². The molecule has 6 atom stereocenters. The highest BCUT2D eigenvalue weighted by molar-refractivity contribution is 7.47. The number of carbonyl (C=O) groups excluding carboxylic acids is 4. The number of ether oxygens (including phenoxy) is 4. The van der Waals surface area contributed by atoms with Gasteiger partial charge in [-0.05, 0) is 37.5 Å². The van der Waals surface area contributed by atoms with Crippen LogP contribution in [0.2, 0.25) is 0 Å². The van der Waals surface area contributed by atoms with E-state index < -0.39 is 97.5 Å². The normalized spacial score (nSPS) is 14.2. The molecule has 0 aliphatic carbocycles. The average Bonchev–Trinajstić information content (AvgIpc) is 1.57. The van der Waals surface area contributed by atoms with Crippen molar-refractivity contribution in [3.05, 3.63) is 0 Å². The van der Waals surface area contributed by atoms with E-state index in [4.69, 9.17) is 37.0 Å². The molecule has 0 spiro atoms. The van der Waals surface area contributed by atoms with Gasteiger partial charge in [0.05, 0.1) is 26.4 Å². The van der Waals surface area contributed by atoms with E-state index in [9.17, 15) is 43.2 Å². The lowest BCUT2D eigenvalue weighted by molar-refractivity contribution is -0.161.